The van der Waals surface area contributed by atoms with Crippen molar-refractivity contribution < 1.29 is 5.11 Å². The average Bonchev–Trinajstić information content (AvgIpc) is 3.16. The van der Waals surface area contributed by atoms with E-state index in [1.807, 2.05) is 48.5 Å². The lowest BCUT2D eigenvalue weighted by Gasteiger charge is -2.36. The van der Waals surface area contributed by atoms with Gasteiger partial charge in [-0.2, -0.15) is 0 Å². The summed E-state index contributed by atoms with van der Waals surface area (Å²) in [7, 11) is 0. The summed E-state index contributed by atoms with van der Waals surface area (Å²) in [5, 5.41) is 20.1. The molecule has 2 aliphatic rings. The number of amidine groups is 1. The number of para-hydroxylation sites is 2. The molecule has 0 amide bonds. The van der Waals surface area contributed by atoms with Crippen molar-refractivity contribution in [2.24, 2.45) is 4.99 Å². The highest BCUT2D eigenvalue weighted by Crippen LogP contribution is 2.39. The Balaban J connectivity index is 1.44. The van der Waals surface area contributed by atoms with Gasteiger partial charge in [0.25, 0.3) is 0 Å². The van der Waals surface area contributed by atoms with E-state index in [0.717, 1.165) is 58.1 Å². The van der Waals surface area contributed by atoms with Crippen LogP contribution in [0.25, 0.3) is 0 Å². The van der Waals surface area contributed by atoms with Crippen molar-refractivity contribution in [2.45, 2.75) is 38.3 Å². The average molecular weight is 448 g/mol. The Hall–Kier alpha value is -2.74. The number of hydrogen-bond acceptors (Lipinski definition) is 7. The third-order valence-electron chi connectivity index (χ3n) is 5.98. The van der Waals surface area contributed by atoms with Crippen LogP contribution in [-0.2, 0) is 0 Å². The molecule has 3 aromatic rings. The van der Waals surface area contributed by atoms with Crippen LogP contribution in [0.4, 0.5) is 16.4 Å². The van der Waals surface area contributed by atoms with Crippen molar-refractivity contribution in [3.63, 3.8) is 0 Å². The molecule has 1 fully saturated rings. The number of hydrogen-bond donors (Lipinski definition) is 3. The number of aliphatic hydroxyl groups excluding tert-OH is 1. The van der Waals surface area contributed by atoms with E-state index in [1.165, 1.54) is 0 Å². The number of rotatable bonds is 4. The molecule has 0 saturated carbocycles. The molecule has 2 aliphatic heterocycles. The fourth-order valence-electron chi connectivity index (χ4n) is 4.26. The Labute approximate surface area is 193 Å². The Morgan fingerprint density at radius 2 is 1.91 bits per heavy atom. The molecule has 0 bridgehead atoms. The third kappa shape index (κ3) is 4.28. The van der Waals surface area contributed by atoms with Crippen molar-refractivity contribution in [3.05, 3.63) is 70.9 Å². The van der Waals surface area contributed by atoms with Crippen molar-refractivity contribution in [3.8, 4) is 0 Å². The molecule has 7 heteroatoms. The summed E-state index contributed by atoms with van der Waals surface area (Å²) < 4.78 is 0. The molecular weight excluding hydrogens is 418 g/mol. The minimum Gasteiger partial charge on any atom is -0.388 e. The van der Waals surface area contributed by atoms with Crippen LogP contribution in [0.2, 0.25) is 0 Å². The lowest BCUT2D eigenvalue weighted by Crippen LogP contribution is -2.53. The molecule has 1 saturated heterocycles. The van der Waals surface area contributed by atoms with Crippen LogP contribution in [0.15, 0.2) is 59.6 Å². The largest absolute Gasteiger partial charge is 0.388 e. The smallest absolute Gasteiger partial charge is 0.158 e. The maximum Gasteiger partial charge on any atom is 0.158 e. The molecule has 2 aromatic carbocycles. The standard InChI is InChI=1S/C25H29N5OS/c1-16(2)24-29-22-23(27-19-10-6-7-11-20(19)28-25(22)32-24)30-13-12-26-18(15-30)14-21(31)17-8-4-3-5-9-17/h3-11,16,18,21,26,28,31H,12-15H2,1-2H3/t18-,21+/m0/s1. The first-order chi connectivity index (χ1) is 15.6. The van der Waals surface area contributed by atoms with Crippen molar-refractivity contribution in [1.82, 2.24) is 15.2 Å². The summed E-state index contributed by atoms with van der Waals surface area (Å²) in [5.41, 5.74) is 3.82. The predicted molar refractivity (Wildman–Crippen MR) is 132 cm³/mol. The van der Waals surface area contributed by atoms with Crippen LogP contribution >= 0.6 is 11.3 Å². The number of thiazole rings is 1. The molecule has 6 nitrogen and oxygen atoms in total. The first kappa shape index (κ1) is 21.1. The number of anilines is 2. The van der Waals surface area contributed by atoms with Crippen LogP contribution in [-0.4, -0.2) is 46.5 Å². The van der Waals surface area contributed by atoms with E-state index in [9.17, 15) is 5.11 Å². The quantitative estimate of drug-likeness (QED) is 0.536. The minimum absolute atomic E-state index is 0.166. The molecule has 1 aromatic heterocycles. The van der Waals surface area contributed by atoms with E-state index >= 15 is 0 Å². The summed E-state index contributed by atoms with van der Waals surface area (Å²) >= 11 is 1.71. The lowest BCUT2D eigenvalue weighted by atomic mass is 10.0. The van der Waals surface area contributed by atoms with Gasteiger partial charge in [0.2, 0.25) is 0 Å². The first-order valence-corrected chi connectivity index (χ1v) is 12.1. The molecule has 0 aliphatic carbocycles. The normalized spacial score (nSPS) is 18.9. The summed E-state index contributed by atoms with van der Waals surface area (Å²) in [4.78, 5) is 12.4. The van der Waals surface area contributed by atoms with Crippen molar-refractivity contribution in [2.75, 3.05) is 25.0 Å². The molecule has 2 atom stereocenters. The Bertz CT molecular complexity index is 1110. The zero-order valence-corrected chi connectivity index (χ0v) is 19.3. The van der Waals surface area contributed by atoms with Crippen LogP contribution in [0, 0.1) is 0 Å². The van der Waals surface area contributed by atoms with Gasteiger partial charge in [-0.05, 0) is 24.1 Å². The van der Waals surface area contributed by atoms with Gasteiger partial charge >= 0.3 is 0 Å². The second-order valence-electron chi connectivity index (χ2n) is 8.72. The predicted octanol–water partition coefficient (Wildman–Crippen LogP) is 4.80. The van der Waals surface area contributed by atoms with Gasteiger partial charge in [0.15, 0.2) is 5.84 Å². The van der Waals surface area contributed by atoms with Gasteiger partial charge < -0.3 is 20.6 Å². The highest BCUT2D eigenvalue weighted by molar-refractivity contribution is 7.16. The number of nitrogens with one attached hydrogen (secondary N) is 2. The number of fused-ring (bicyclic) bond motifs is 2. The van der Waals surface area contributed by atoms with E-state index in [1.54, 1.807) is 11.3 Å². The summed E-state index contributed by atoms with van der Waals surface area (Å²) in [6.07, 6.45) is 0.165. The maximum atomic E-state index is 10.8. The van der Waals surface area contributed by atoms with Crippen LogP contribution in [0.1, 0.15) is 48.6 Å². The highest BCUT2D eigenvalue weighted by Gasteiger charge is 2.30. The molecule has 3 N–H and O–H groups in total. The van der Waals surface area contributed by atoms with Crippen molar-refractivity contribution >= 4 is 33.5 Å². The van der Waals surface area contributed by atoms with Gasteiger partial charge in [-0.15, -0.1) is 11.3 Å². The Morgan fingerprint density at radius 1 is 1.12 bits per heavy atom. The summed E-state index contributed by atoms with van der Waals surface area (Å²) in [5.74, 6) is 1.28. The highest BCUT2D eigenvalue weighted by atomic mass is 32.1. The lowest BCUT2D eigenvalue weighted by molar-refractivity contribution is 0.136. The third-order valence-corrected chi connectivity index (χ3v) is 7.25. The zero-order valence-electron chi connectivity index (χ0n) is 18.5. The molecule has 166 valence electrons. The Morgan fingerprint density at radius 3 is 2.72 bits per heavy atom. The van der Waals surface area contributed by atoms with E-state index < -0.39 is 6.10 Å². The molecule has 0 radical (unpaired) electrons. The van der Waals surface area contributed by atoms with Gasteiger partial charge in [-0.3, -0.25) is 0 Å². The fourth-order valence-corrected chi connectivity index (χ4v) is 5.24. The van der Waals surface area contributed by atoms with Gasteiger partial charge in [-0.1, -0.05) is 56.3 Å². The molecule has 5 rings (SSSR count). The summed E-state index contributed by atoms with van der Waals surface area (Å²) in [6.45, 7) is 6.83. The first-order valence-electron chi connectivity index (χ1n) is 11.3. The van der Waals surface area contributed by atoms with Gasteiger partial charge in [0.1, 0.15) is 10.7 Å². The number of nitrogens with zero attached hydrogens (tertiary/aromatic N) is 3. The number of aliphatic imine (C=N–C) groups is 1. The zero-order chi connectivity index (χ0) is 22.1. The molecule has 3 heterocycles. The maximum absolute atomic E-state index is 10.8. The number of aromatic nitrogens is 1. The number of piperazine rings is 1. The fraction of sp³-hybridized carbons (Fsp3) is 0.360. The number of aliphatic hydroxyl groups is 1. The van der Waals surface area contributed by atoms with E-state index in [-0.39, 0.29) is 6.04 Å². The monoisotopic (exact) mass is 447 g/mol. The second kappa shape index (κ2) is 9.02. The molecule has 32 heavy (non-hydrogen) atoms. The van der Waals surface area contributed by atoms with Crippen LogP contribution in [0.3, 0.4) is 0 Å². The number of benzene rings is 2. The van der Waals surface area contributed by atoms with E-state index in [2.05, 4.69) is 35.4 Å². The molecule has 0 spiro atoms. The van der Waals surface area contributed by atoms with Gasteiger partial charge in [-0.25, -0.2) is 9.98 Å². The van der Waals surface area contributed by atoms with Gasteiger partial charge in [0.05, 0.1) is 22.5 Å². The van der Waals surface area contributed by atoms with E-state index in [4.69, 9.17) is 9.98 Å². The minimum atomic E-state index is -0.491. The SMILES string of the molecule is CC(C)c1nc2c(s1)Nc1ccccc1N=C2N1CCN[C@@H](C[C@@H](O)c2ccccc2)C1. The molecular formula is C25H29N5OS. The van der Waals surface area contributed by atoms with E-state index in [0.29, 0.717) is 12.3 Å². The van der Waals surface area contributed by atoms with Crippen molar-refractivity contribution in [1.29, 1.82) is 0 Å². The molecule has 0 unspecified atom stereocenters. The Kier molecular flexibility index (Phi) is 5.95. The summed E-state index contributed by atoms with van der Waals surface area (Å²) in [6, 6.07) is 18.2. The van der Waals surface area contributed by atoms with Crippen LogP contribution < -0.4 is 10.6 Å². The van der Waals surface area contributed by atoms with Gasteiger partial charge in [0, 0.05) is 31.6 Å². The second-order valence-corrected chi connectivity index (χ2v) is 9.75. The topological polar surface area (TPSA) is 72.8 Å². The van der Waals surface area contributed by atoms with Crippen LogP contribution in [0.5, 0.6) is 0 Å².